The fraction of sp³-hybridized carbons (Fsp3) is 0.857. The average Bonchev–Trinajstić information content (AvgIpc) is 2.36. The third kappa shape index (κ3) is 16.8. The van der Waals surface area contributed by atoms with E-state index in [4.69, 9.17) is 14.9 Å². The van der Waals surface area contributed by atoms with Crippen molar-refractivity contribution >= 4 is 11.9 Å². The van der Waals surface area contributed by atoms with Crippen LogP contribution in [0.15, 0.2) is 0 Å². The van der Waals surface area contributed by atoms with Gasteiger partial charge in [0.1, 0.15) is 6.42 Å². The third-order valence-electron chi connectivity index (χ3n) is 2.23. The van der Waals surface area contributed by atoms with Gasteiger partial charge in [-0.25, -0.2) is 0 Å². The number of methoxy groups -OCH3 is 1. The molecule has 7 heteroatoms. The van der Waals surface area contributed by atoms with Gasteiger partial charge in [-0.1, -0.05) is 19.8 Å². The highest BCUT2D eigenvalue weighted by atomic mass is 16.6. The number of hydrogen-bond donors (Lipinski definition) is 2. The minimum Gasteiger partial charge on any atom is -0.462 e. The predicted octanol–water partition coefficient (Wildman–Crippen LogP) is 1.00. The van der Waals surface area contributed by atoms with Gasteiger partial charge in [0, 0.05) is 27.2 Å². The van der Waals surface area contributed by atoms with Crippen molar-refractivity contribution in [2.75, 3.05) is 20.8 Å². The lowest BCUT2D eigenvalue weighted by atomic mass is 10.2. The number of hydrogen-bond acceptors (Lipinski definition) is 7. The largest absolute Gasteiger partial charge is 0.462 e. The second kappa shape index (κ2) is 15.2. The number of aliphatic hydroxyl groups is 2. The van der Waals surface area contributed by atoms with Crippen LogP contribution >= 0.6 is 0 Å². The van der Waals surface area contributed by atoms with Crippen molar-refractivity contribution in [2.45, 2.75) is 58.3 Å². The van der Waals surface area contributed by atoms with Crippen LogP contribution in [0.1, 0.15) is 46.0 Å². The predicted molar refractivity (Wildman–Crippen MR) is 76.4 cm³/mol. The van der Waals surface area contributed by atoms with Gasteiger partial charge in [0.05, 0.1) is 6.10 Å². The molecule has 0 aromatic carbocycles. The van der Waals surface area contributed by atoms with Gasteiger partial charge in [0.25, 0.3) is 0 Å². The van der Waals surface area contributed by atoms with Crippen molar-refractivity contribution < 1.29 is 34.0 Å². The molecule has 7 nitrogen and oxygen atoms in total. The van der Waals surface area contributed by atoms with E-state index in [1.165, 1.54) is 0 Å². The number of esters is 2. The second-order valence-corrected chi connectivity index (χ2v) is 4.48. The van der Waals surface area contributed by atoms with Gasteiger partial charge in [-0.2, -0.15) is 0 Å². The molecule has 2 unspecified atom stereocenters. The lowest BCUT2D eigenvalue weighted by Crippen LogP contribution is -2.23. The molecule has 0 saturated carbocycles. The van der Waals surface area contributed by atoms with Gasteiger partial charge in [0.15, 0.2) is 0 Å². The zero-order chi connectivity index (χ0) is 16.7. The lowest BCUT2D eigenvalue weighted by molar-refractivity contribution is -0.174. The summed E-state index contributed by atoms with van der Waals surface area (Å²) in [5.74, 6) is -1.52. The zero-order valence-corrected chi connectivity index (χ0v) is 13.3. The van der Waals surface area contributed by atoms with Crippen molar-refractivity contribution in [3.05, 3.63) is 0 Å². The van der Waals surface area contributed by atoms with Crippen LogP contribution in [-0.4, -0.2) is 55.4 Å². The third-order valence-corrected chi connectivity index (χ3v) is 2.23. The van der Waals surface area contributed by atoms with E-state index < -0.39 is 24.6 Å². The normalized spacial score (nSPS) is 12.7. The number of aliphatic hydroxyl groups excluding tert-OH is 2. The topological polar surface area (TPSA) is 102 Å². The van der Waals surface area contributed by atoms with E-state index in [9.17, 15) is 9.59 Å². The van der Waals surface area contributed by atoms with Crippen molar-refractivity contribution in [2.24, 2.45) is 0 Å². The number of ether oxygens (including phenoxy) is 3. The van der Waals surface area contributed by atoms with E-state index in [1.807, 2.05) is 6.92 Å². The summed E-state index contributed by atoms with van der Waals surface area (Å²) >= 11 is 0. The van der Waals surface area contributed by atoms with Crippen LogP contribution in [0, 0.1) is 0 Å². The number of carbonyl (C=O) groups excluding carboxylic acids is 2. The van der Waals surface area contributed by atoms with E-state index in [0.717, 1.165) is 19.3 Å². The summed E-state index contributed by atoms with van der Waals surface area (Å²) in [6, 6.07) is 0. The van der Waals surface area contributed by atoms with Gasteiger partial charge >= 0.3 is 11.9 Å². The molecule has 126 valence electrons. The summed E-state index contributed by atoms with van der Waals surface area (Å²) in [6.45, 7) is 3.50. The fourth-order valence-electron chi connectivity index (χ4n) is 1.30. The molecule has 0 aliphatic rings. The van der Waals surface area contributed by atoms with Crippen LogP contribution in [0.25, 0.3) is 0 Å². The van der Waals surface area contributed by atoms with Crippen molar-refractivity contribution in [3.8, 4) is 0 Å². The first-order chi connectivity index (χ1) is 9.90. The maximum absolute atomic E-state index is 11.3. The van der Waals surface area contributed by atoms with Crippen molar-refractivity contribution in [1.29, 1.82) is 0 Å². The number of carbonyl (C=O) groups is 2. The molecule has 0 fully saturated rings. The minimum absolute atomic E-state index is 0.0757. The Labute approximate surface area is 126 Å². The highest BCUT2D eigenvalue weighted by molar-refractivity contribution is 5.91. The summed E-state index contributed by atoms with van der Waals surface area (Å²) in [5, 5.41) is 17.6. The van der Waals surface area contributed by atoms with E-state index in [2.05, 4.69) is 9.47 Å². The quantitative estimate of drug-likeness (QED) is 0.372. The Balaban J connectivity index is 0. The van der Waals surface area contributed by atoms with Crippen LogP contribution in [0.5, 0.6) is 0 Å². The molecule has 0 heterocycles. The first-order valence-electron chi connectivity index (χ1n) is 6.99. The summed E-state index contributed by atoms with van der Waals surface area (Å²) in [7, 11) is 3.25. The molecular weight excluding hydrogens is 280 g/mol. The maximum atomic E-state index is 11.3. The minimum atomic E-state index is -1.38. The van der Waals surface area contributed by atoms with E-state index in [-0.39, 0.29) is 19.1 Å². The fourth-order valence-corrected chi connectivity index (χ4v) is 1.30. The summed E-state index contributed by atoms with van der Waals surface area (Å²) < 4.78 is 13.7. The molecule has 0 spiro atoms. The first kappa shape index (κ1) is 22.1. The standard InChI is InChI=1S/C12H22O6.C2H6O/c1-3-4-5-9(2)17-11(15)8-12(16)18-10(14)6-7-13;1-3-2/h9-10,13-14H,3-8H2,1-2H3;1-2H3. The van der Waals surface area contributed by atoms with Crippen LogP contribution in [-0.2, 0) is 23.8 Å². The van der Waals surface area contributed by atoms with Crippen LogP contribution in [0.2, 0.25) is 0 Å². The van der Waals surface area contributed by atoms with Crippen LogP contribution < -0.4 is 0 Å². The molecule has 2 N–H and O–H groups in total. The Morgan fingerprint density at radius 3 is 2.10 bits per heavy atom. The first-order valence-corrected chi connectivity index (χ1v) is 6.99. The molecule has 0 bridgehead atoms. The molecule has 0 rings (SSSR count). The molecule has 0 aliphatic heterocycles. The van der Waals surface area contributed by atoms with Crippen LogP contribution in [0.4, 0.5) is 0 Å². The monoisotopic (exact) mass is 308 g/mol. The Bertz CT molecular complexity index is 268. The van der Waals surface area contributed by atoms with Crippen LogP contribution in [0.3, 0.4) is 0 Å². The average molecular weight is 308 g/mol. The Morgan fingerprint density at radius 2 is 1.62 bits per heavy atom. The molecule has 0 saturated heterocycles. The molecule has 0 radical (unpaired) electrons. The Kier molecular flexibility index (Phi) is 16.0. The molecular formula is C14H28O7. The molecule has 0 aromatic rings. The van der Waals surface area contributed by atoms with Gasteiger partial charge in [0.2, 0.25) is 6.29 Å². The summed E-state index contributed by atoms with van der Waals surface area (Å²) in [6.07, 6.45) is 0.503. The maximum Gasteiger partial charge on any atom is 0.319 e. The van der Waals surface area contributed by atoms with Gasteiger partial charge in [-0.3, -0.25) is 9.59 Å². The van der Waals surface area contributed by atoms with Gasteiger partial charge in [-0.05, 0) is 13.3 Å². The lowest BCUT2D eigenvalue weighted by Gasteiger charge is -2.13. The number of rotatable bonds is 9. The van der Waals surface area contributed by atoms with Gasteiger partial charge in [-0.15, -0.1) is 0 Å². The van der Waals surface area contributed by atoms with E-state index in [1.54, 1.807) is 21.1 Å². The van der Waals surface area contributed by atoms with E-state index >= 15 is 0 Å². The van der Waals surface area contributed by atoms with Crippen molar-refractivity contribution in [3.63, 3.8) is 0 Å². The SMILES string of the molecule is CCCCC(C)OC(=O)CC(=O)OC(O)CCO.COC. The highest BCUT2D eigenvalue weighted by Crippen LogP contribution is 2.06. The summed E-state index contributed by atoms with van der Waals surface area (Å²) in [5.41, 5.74) is 0. The second-order valence-electron chi connectivity index (χ2n) is 4.48. The molecule has 21 heavy (non-hydrogen) atoms. The summed E-state index contributed by atoms with van der Waals surface area (Å²) in [4.78, 5) is 22.5. The van der Waals surface area contributed by atoms with E-state index in [0.29, 0.717) is 0 Å². The smallest absolute Gasteiger partial charge is 0.319 e. The molecule has 2 atom stereocenters. The molecule has 0 aliphatic carbocycles. The molecule has 0 amide bonds. The Hall–Kier alpha value is -1.18. The Morgan fingerprint density at radius 1 is 1.10 bits per heavy atom. The molecule has 0 aromatic heterocycles. The van der Waals surface area contributed by atoms with Crippen molar-refractivity contribution in [1.82, 2.24) is 0 Å². The van der Waals surface area contributed by atoms with Gasteiger partial charge < -0.3 is 24.4 Å². The highest BCUT2D eigenvalue weighted by Gasteiger charge is 2.17. The zero-order valence-electron chi connectivity index (χ0n) is 13.3. The number of unbranched alkanes of at least 4 members (excludes halogenated alkanes) is 1.